The monoisotopic (exact) mass is 248 g/mol. The van der Waals surface area contributed by atoms with Crippen LogP contribution in [0, 0.1) is 0 Å². The Labute approximate surface area is 108 Å². The minimum absolute atomic E-state index is 0.0269. The van der Waals surface area contributed by atoms with Crippen LogP contribution in [0.2, 0.25) is 0 Å². The molecule has 0 saturated heterocycles. The van der Waals surface area contributed by atoms with Crippen LogP contribution >= 0.6 is 0 Å². The van der Waals surface area contributed by atoms with Crippen molar-refractivity contribution in [2.45, 2.75) is 19.8 Å². The summed E-state index contributed by atoms with van der Waals surface area (Å²) >= 11 is 0. The summed E-state index contributed by atoms with van der Waals surface area (Å²) < 4.78 is 5.20. The summed E-state index contributed by atoms with van der Waals surface area (Å²) in [7, 11) is 0. The van der Waals surface area contributed by atoms with Gasteiger partial charge in [0.1, 0.15) is 0 Å². The minimum atomic E-state index is -0.0269. The number of nitrogens with one attached hydrogen (secondary N) is 2. The first-order chi connectivity index (χ1) is 8.83. The van der Waals surface area contributed by atoms with Crippen LogP contribution in [0.3, 0.4) is 0 Å². The van der Waals surface area contributed by atoms with E-state index in [4.69, 9.17) is 4.74 Å². The molecule has 0 saturated carbocycles. The normalized spacial score (nSPS) is 13.6. The van der Waals surface area contributed by atoms with Gasteiger partial charge in [-0.05, 0) is 31.4 Å². The average molecular weight is 248 g/mol. The summed E-state index contributed by atoms with van der Waals surface area (Å²) in [5, 5.41) is 6.20. The number of hydrogen-bond acceptors (Lipinski definition) is 3. The average Bonchev–Trinajstić information content (AvgIpc) is 2.43. The van der Waals surface area contributed by atoms with Crippen LogP contribution in [-0.2, 0) is 11.2 Å². The van der Waals surface area contributed by atoms with E-state index in [2.05, 4.69) is 16.7 Å². The SMILES string of the molecule is CCOCCNC(=O)c1cccc2c1NCCC2. The number of anilines is 1. The van der Waals surface area contributed by atoms with Gasteiger partial charge >= 0.3 is 0 Å². The first-order valence-corrected chi connectivity index (χ1v) is 6.54. The van der Waals surface area contributed by atoms with E-state index in [1.165, 1.54) is 5.56 Å². The smallest absolute Gasteiger partial charge is 0.253 e. The van der Waals surface area contributed by atoms with Gasteiger partial charge in [-0.3, -0.25) is 4.79 Å². The van der Waals surface area contributed by atoms with Gasteiger partial charge < -0.3 is 15.4 Å². The maximum absolute atomic E-state index is 12.1. The Kier molecular flexibility index (Phi) is 4.59. The first-order valence-electron chi connectivity index (χ1n) is 6.54. The maximum Gasteiger partial charge on any atom is 0.253 e. The first kappa shape index (κ1) is 12.9. The quantitative estimate of drug-likeness (QED) is 0.781. The van der Waals surface area contributed by atoms with Crippen molar-refractivity contribution in [3.05, 3.63) is 29.3 Å². The summed E-state index contributed by atoms with van der Waals surface area (Å²) in [6.45, 7) is 4.68. The van der Waals surface area contributed by atoms with E-state index in [1.807, 2.05) is 19.1 Å². The highest BCUT2D eigenvalue weighted by Crippen LogP contribution is 2.25. The van der Waals surface area contributed by atoms with Crippen molar-refractivity contribution in [2.24, 2.45) is 0 Å². The second-order valence-corrected chi connectivity index (χ2v) is 4.32. The van der Waals surface area contributed by atoms with Gasteiger partial charge in [-0.2, -0.15) is 0 Å². The molecule has 0 bridgehead atoms. The van der Waals surface area contributed by atoms with Gasteiger partial charge in [-0.15, -0.1) is 0 Å². The molecule has 98 valence electrons. The van der Waals surface area contributed by atoms with Gasteiger partial charge in [0.2, 0.25) is 0 Å². The molecule has 0 aromatic heterocycles. The third-order valence-electron chi connectivity index (χ3n) is 3.06. The van der Waals surface area contributed by atoms with E-state index in [9.17, 15) is 4.79 Å². The molecule has 0 unspecified atom stereocenters. The summed E-state index contributed by atoms with van der Waals surface area (Å²) in [6.07, 6.45) is 2.17. The zero-order valence-corrected chi connectivity index (χ0v) is 10.8. The molecule has 0 radical (unpaired) electrons. The standard InChI is InChI=1S/C14H20N2O2/c1-2-18-10-9-16-14(17)12-7-3-5-11-6-4-8-15-13(11)12/h3,5,7,15H,2,4,6,8-10H2,1H3,(H,16,17). The highest BCUT2D eigenvalue weighted by atomic mass is 16.5. The molecular weight excluding hydrogens is 228 g/mol. The molecule has 4 nitrogen and oxygen atoms in total. The lowest BCUT2D eigenvalue weighted by atomic mass is 9.99. The van der Waals surface area contributed by atoms with Crippen molar-refractivity contribution in [3.63, 3.8) is 0 Å². The van der Waals surface area contributed by atoms with E-state index < -0.39 is 0 Å². The molecule has 1 amide bonds. The van der Waals surface area contributed by atoms with Crippen molar-refractivity contribution in [2.75, 3.05) is 31.6 Å². The number of benzene rings is 1. The van der Waals surface area contributed by atoms with Gasteiger partial charge in [0.05, 0.1) is 17.9 Å². The van der Waals surface area contributed by atoms with Crippen molar-refractivity contribution >= 4 is 11.6 Å². The maximum atomic E-state index is 12.1. The fraction of sp³-hybridized carbons (Fsp3) is 0.500. The third kappa shape index (κ3) is 3.01. The summed E-state index contributed by atoms with van der Waals surface area (Å²) in [5.41, 5.74) is 2.97. The Morgan fingerprint density at radius 3 is 3.22 bits per heavy atom. The number of hydrogen-bond donors (Lipinski definition) is 2. The fourth-order valence-corrected chi connectivity index (χ4v) is 2.17. The number of amides is 1. The number of ether oxygens (including phenoxy) is 1. The van der Waals surface area contributed by atoms with Crippen LogP contribution in [0.15, 0.2) is 18.2 Å². The number of aryl methyl sites for hydroxylation is 1. The van der Waals surface area contributed by atoms with E-state index in [1.54, 1.807) is 0 Å². The highest BCUT2D eigenvalue weighted by Gasteiger charge is 2.16. The Balaban J connectivity index is 2.01. The molecule has 1 aromatic carbocycles. The molecule has 0 fully saturated rings. The molecular formula is C14H20N2O2. The molecule has 0 aliphatic carbocycles. The lowest BCUT2D eigenvalue weighted by molar-refractivity contribution is 0.0923. The van der Waals surface area contributed by atoms with Gasteiger partial charge in [-0.25, -0.2) is 0 Å². The van der Waals surface area contributed by atoms with E-state index in [0.717, 1.165) is 30.6 Å². The zero-order valence-electron chi connectivity index (χ0n) is 10.8. The Hall–Kier alpha value is -1.55. The topological polar surface area (TPSA) is 50.4 Å². The highest BCUT2D eigenvalue weighted by molar-refractivity contribution is 6.00. The van der Waals surface area contributed by atoms with Crippen LogP contribution in [0.25, 0.3) is 0 Å². The van der Waals surface area contributed by atoms with Crippen LogP contribution in [-0.4, -0.2) is 32.2 Å². The van der Waals surface area contributed by atoms with Gasteiger partial charge in [0, 0.05) is 19.7 Å². The van der Waals surface area contributed by atoms with Crippen molar-refractivity contribution in [1.82, 2.24) is 5.32 Å². The van der Waals surface area contributed by atoms with Crippen LogP contribution in [0.4, 0.5) is 5.69 Å². The largest absolute Gasteiger partial charge is 0.384 e. The Bertz CT molecular complexity index is 418. The molecule has 2 rings (SSSR count). The van der Waals surface area contributed by atoms with E-state index in [-0.39, 0.29) is 5.91 Å². The molecule has 1 aliphatic rings. The molecule has 1 aromatic rings. The second kappa shape index (κ2) is 6.40. The van der Waals surface area contributed by atoms with Crippen LogP contribution in [0.1, 0.15) is 29.3 Å². The number of fused-ring (bicyclic) bond motifs is 1. The molecule has 18 heavy (non-hydrogen) atoms. The number of carbonyl (C=O) groups is 1. The van der Waals surface area contributed by atoms with Crippen LogP contribution in [0.5, 0.6) is 0 Å². The zero-order chi connectivity index (χ0) is 12.8. The van der Waals surface area contributed by atoms with Gasteiger partial charge in [-0.1, -0.05) is 12.1 Å². The molecule has 0 atom stereocenters. The predicted molar refractivity (Wildman–Crippen MR) is 72.1 cm³/mol. The van der Waals surface area contributed by atoms with E-state index >= 15 is 0 Å². The summed E-state index contributed by atoms with van der Waals surface area (Å²) in [6, 6.07) is 5.90. The van der Waals surface area contributed by atoms with Crippen LogP contribution < -0.4 is 10.6 Å². The molecule has 0 spiro atoms. The Morgan fingerprint density at radius 1 is 1.50 bits per heavy atom. The molecule has 4 heteroatoms. The molecule has 1 heterocycles. The van der Waals surface area contributed by atoms with Gasteiger partial charge in [0.15, 0.2) is 0 Å². The minimum Gasteiger partial charge on any atom is -0.384 e. The molecule has 1 aliphatic heterocycles. The molecule has 2 N–H and O–H groups in total. The number of carbonyl (C=O) groups excluding carboxylic acids is 1. The summed E-state index contributed by atoms with van der Waals surface area (Å²) in [4.78, 5) is 12.1. The number of rotatable bonds is 5. The number of para-hydroxylation sites is 1. The third-order valence-corrected chi connectivity index (χ3v) is 3.06. The van der Waals surface area contributed by atoms with Gasteiger partial charge in [0.25, 0.3) is 5.91 Å². The fourth-order valence-electron chi connectivity index (χ4n) is 2.17. The second-order valence-electron chi connectivity index (χ2n) is 4.32. The predicted octanol–water partition coefficient (Wildman–Crippen LogP) is 1.81. The van der Waals surface area contributed by atoms with Crippen molar-refractivity contribution in [1.29, 1.82) is 0 Å². The lowest BCUT2D eigenvalue weighted by Crippen LogP contribution is -2.29. The van der Waals surface area contributed by atoms with E-state index in [0.29, 0.717) is 19.8 Å². The van der Waals surface area contributed by atoms with Crippen molar-refractivity contribution in [3.8, 4) is 0 Å². The van der Waals surface area contributed by atoms with Crippen molar-refractivity contribution < 1.29 is 9.53 Å². The summed E-state index contributed by atoms with van der Waals surface area (Å²) in [5.74, 6) is -0.0269. The lowest BCUT2D eigenvalue weighted by Gasteiger charge is -2.20. The Morgan fingerprint density at radius 2 is 2.39 bits per heavy atom.